The average Bonchev–Trinajstić information content (AvgIpc) is 3.26. The summed E-state index contributed by atoms with van der Waals surface area (Å²) in [7, 11) is 3.12. The van der Waals surface area contributed by atoms with Crippen LogP contribution in [0.5, 0.6) is 0 Å². The third kappa shape index (κ3) is 3.92. The highest BCUT2D eigenvalue weighted by Gasteiger charge is 2.33. The fourth-order valence-corrected chi connectivity index (χ4v) is 3.49. The van der Waals surface area contributed by atoms with Crippen molar-refractivity contribution in [3.05, 3.63) is 29.6 Å². The molecule has 0 aromatic heterocycles. The van der Waals surface area contributed by atoms with Gasteiger partial charge in [-0.2, -0.15) is 0 Å². The molecule has 2 heterocycles. The molecule has 1 aromatic carbocycles. The Bertz CT molecular complexity index is 659. The molecule has 2 aliphatic heterocycles. The summed E-state index contributed by atoms with van der Waals surface area (Å²) in [4.78, 5) is 27.6. The number of halogens is 1. The quantitative estimate of drug-likeness (QED) is 0.912. The van der Waals surface area contributed by atoms with Crippen LogP contribution in [0.15, 0.2) is 18.2 Å². The Morgan fingerprint density at radius 2 is 2.08 bits per heavy atom. The summed E-state index contributed by atoms with van der Waals surface area (Å²) in [6, 6.07) is 3.84. The number of ether oxygens (including phenoxy) is 1. The number of anilines is 1. The van der Waals surface area contributed by atoms with Crippen molar-refractivity contribution in [1.29, 1.82) is 0 Å². The van der Waals surface area contributed by atoms with Gasteiger partial charge in [0.25, 0.3) is 5.91 Å². The van der Waals surface area contributed by atoms with E-state index >= 15 is 0 Å². The number of nitrogens with one attached hydrogen (secondary N) is 1. The molecule has 1 aromatic rings. The number of amides is 3. The Kier molecular flexibility index (Phi) is 5.22. The van der Waals surface area contributed by atoms with E-state index < -0.39 is 11.7 Å². The second-order valence-corrected chi connectivity index (χ2v) is 6.94. The van der Waals surface area contributed by atoms with Crippen LogP contribution in [0, 0.1) is 17.7 Å². The largest absolute Gasteiger partial charge is 0.381 e. The molecule has 1 N–H and O–H groups in total. The summed E-state index contributed by atoms with van der Waals surface area (Å²) in [5.41, 5.74) is 0.370. The highest BCUT2D eigenvalue weighted by Crippen LogP contribution is 2.30. The number of likely N-dealkylation sites (tertiary alicyclic amines) is 1. The molecule has 0 saturated carbocycles. The maximum atomic E-state index is 13.9. The fourth-order valence-electron chi connectivity index (χ4n) is 3.49. The minimum atomic E-state index is -0.598. The smallest absolute Gasteiger partial charge is 0.321 e. The third-order valence-corrected chi connectivity index (χ3v) is 5.00. The normalized spacial score (nSPS) is 22.9. The molecule has 7 heteroatoms. The Hall–Kier alpha value is -2.15. The molecule has 0 bridgehead atoms. The summed E-state index contributed by atoms with van der Waals surface area (Å²) in [5.74, 6) is -0.0180. The van der Waals surface area contributed by atoms with E-state index in [1.807, 2.05) is 0 Å². The fraction of sp³-hybridized carbons (Fsp3) is 0.556. The van der Waals surface area contributed by atoms with Gasteiger partial charge in [0.05, 0.1) is 5.56 Å². The molecular weight excluding hydrogens is 325 g/mol. The number of benzene rings is 1. The van der Waals surface area contributed by atoms with Gasteiger partial charge in [-0.15, -0.1) is 0 Å². The Balaban J connectivity index is 1.63. The molecule has 136 valence electrons. The summed E-state index contributed by atoms with van der Waals surface area (Å²) in [5, 5.41) is 2.77. The number of carbonyl (C=O) groups excluding carboxylic acids is 2. The van der Waals surface area contributed by atoms with Crippen LogP contribution in [0.3, 0.4) is 0 Å². The zero-order valence-electron chi connectivity index (χ0n) is 14.6. The molecule has 0 spiro atoms. The van der Waals surface area contributed by atoms with Gasteiger partial charge in [-0.3, -0.25) is 4.79 Å². The lowest BCUT2D eigenvalue weighted by atomic mass is 9.91. The van der Waals surface area contributed by atoms with Crippen molar-refractivity contribution in [1.82, 2.24) is 9.80 Å². The predicted molar refractivity (Wildman–Crippen MR) is 92.0 cm³/mol. The Morgan fingerprint density at radius 1 is 1.28 bits per heavy atom. The van der Waals surface area contributed by atoms with Gasteiger partial charge < -0.3 is 19.9 Å². The van der Waals surface area contributed by atoms with Crippen LogP contribution in [-0.2, 0) is 4.74 Å². The van der Waals surface area contributed by atoms with Crippen molar-refractivity contribution >= 4 is 17.6 Å². The van der Waals surface area contributed by atoms with Gasteiger partial charge in [-0.25, -0.2) is 9.18 Å². The second-order valence-electron chi connectivity index (χ2n) is 6.94. The molecule has 0 unspecified atom stereocenters. The van der Waals surface area contributed by atoms with Gasteiger partial charge in [0.2, 0.25) is 0 Å². The third-order valence-electron chi connectivity index (χ3n) is 5.00. The van der Waals surface area contributed by atoms with Crippen molar-refractivity contribution in [2.45, 2.75) is 12.8 Å². The number of carbonyl (C=O) groups is 2. The highest BCUT2D eigenvalue weighted by atomic mass is 19.1. The van der Waals surface area contributed by atoms with E-state index in [1.54, 1.807) is 19.0 Å². The Morgan fingerprint density at radius 3 is 2.76 bits per heavy atom. The van der Waals surface area contributed by atoms with Crippen molar-refractivity contribution in [3.8, 4) is 0 Å². The van der Waals surface area contributed by atoms with Gasteiger partial charge >= 0.3 is 6.03 Å². The van der Waals surface area contributed by atoms with Crippen LogP contribution in [0.2, 0.25) is 0 Å². The first-order chi connectivity index (χ1) is 12.0. The molecule has 0 aliphatic carbocycles. The number of nitrogens with zero attached hydrogens (tertiary/aromatic N) is 2. The SMILES string of the molecule is CN(C)C(=O)c1cc(NC(=O)N2CC[C@H]([C@@H]3CCOC3)C2)ccc1F. The van der Waals surface area contributed by atoms with Crippen LogP contribution in [-0.4, -0.2) is 62.1 Å². The molecule has 25 heavy (non-hydrogen) atoms. The lowest BCUT2D eigenvalue weighted by Gasteiger charge is -2.20. The van der Waals surface area contributed by atoms with Crippen molar-refractivity contribution in [2.24, 2.45) is 11.8 Å². The lowest BCUT2D eigenvalue weighted by Crippen LogP contribution is -2.34. The number of hydrogen-bond donors (Lipinski definition) is 1. The summed E-state index contributed by atoms with van der Waals surface area (Å²) < 4.78 is 19.3. The molecule has 3 rings (SSSR count). The molecule has 3 amide bonds. The van der Waals surface area contributed by atoms with Crippen LogP contribution in [0.4, 0.5) is 14.9 Å². The average molecular weight is 349 g/mol. The van der Waals surface area contributed by atoms with Gasteiger partial charge in [-0.05, 0) is 42.9 Å². The van der Waals surface area contributed by atoms with Crippen molar-refractivity contribution in [2.75, 3.05) is 45.7 Å². The van der Waals surface area contributed by atoms with Gasteiger partial charge in [-0.1, -0.05) is 0 Å². The maximum Gasteiger partial charge on any atom is 0.321 e. The van der Waals surface area contributed by atoms with Crippen LogP contribution >= 0.6 is 0 Å². The molecule has 2 fully saturated rings. The number of hydrogen-bond acceptors (Lipinski definition) is 3. The zero-order chi connectivity index (χ0) is 18.0. The first-order valence-corrected chi connectivity index (χ1v) is 8.60. The summed E-state index contributed by atoms with van der Waals surface area (Å²) in [6.45, 7) is 3.02. The van der Waals surface area contributed by atoms with E-state index in [9.17, 15) is 14.0 Å². The van der Waals surface area contributed by atoms with E-state index in [1.165, 1.54) is 23.1 Å². The van der Waals surface area contributed by atoms with Gasteiger partial charge in [0, 0.05) is 46.1 Å². The zero-order valence-corrected chi connectivity index (χ0v) is 14.6. The molecule has 2 atom stereocenters. The minimum Gasteiger partial charge on any atom is -0.381 e. The topological polar surface area (TPSA) is 61.9 Å². The predicted octanol–water partition coefficient (Wildman–Crippen LogP) is 2.42. The van der Waals surface area contributed by atoms with E-state index in [0.29, 0.717) is 30.6 Å². The molecule has 2 saturated heterocycles. The highest BCUT2D eigenvalue weighted by molar-refractivity contribution is 5.97. The second kappa shape index (κ2) is 7.39. The van der Waals surface area contributed by atoms with Gasteiger partial charge in [0.1, 0.15) is 5.82 Å². The van der Waals surface area contributed by atoms with Crippen molar-refractivity contribution < 1.29 is 18.7 Å². The van der Waals surface area contributed by atoms with Crippen LogP contribution in [0.1, 0.15) is 23.2 Å². The minimum absolute atomic E-state index is 0.0507. The molecule has 6 nitrogen and oxygen atoms in total. The molecular formula is C18H24FN3O3. The monoisotopic (exact) mass is 349 g/mol. The van der Waals surface area contributed by atoms with E-state index in [4.69, 9.17) is 4.74 Å². The van der Waals surface area contributed by atoms with Crippen LogP contribution < -0.4 is 5.32 Å². The first-order valence-electron chi connectivity index (χ1n) is 8.60. The standard InChI is InChI=1S/C18H24FN3O3/c1-21(2)17(23)15-9-14(3-4-16(15)19)20-18(24)22-7-5-12(10-22)13-6-8-25-11-13/h3-4,9,12-13H,5-8,10-11H2,1-2H3,(H,20,24)/t12-,13+/m0/s1. The Labute approximate surface area is 146 Å². The summed E-state index contributed by atoms with van der Waals surface area (Å²) >= 11 is 0. The van der Waals surface area contributed by atoms with E-state index in [0.717, 1.165) is 26.1 Å². The van der Waals surface area contributed by atoms with E-state index in [-0.39, 0.29) is 11.6 Å². The maximum absolute atomic E-state index is 13.9. The summed E-state index contributed by atoms with van der Waals surface area (Å²) in [6.07, 6.45) is 2.04. The lowest BCUT2D eigenvalue weighted by molar-refractivity contribution is 0.0823. The molecule has 2 aliphatic rings. The van der Waals surface area contributed by atoms with E-state index in [2.05, 4.69) is 5.32 Å². The van der Waals surface area contributed by atoms with Crippen molar-refractivity contribution in [3.63, 3.8) is 0 Å². The number of urea groups is 1. The molecule has 0 radical (unpaired) electrons. The number of rotatable bonds is 3. The first kappa shape index (κ1) is 17.7. The van der Waals surface area contributed by atoms with Crippen LogP contribution in [0.25, 0.3) is 0 Å². The van der Waals surface area contributed by atoms with Gasteiger partial charge in [0.15, 0.2) is 0 Å².